The molecule has 2 aromatic carbocycles. The highest BCUT2D eigenvalue weighted by molar-refractivity contribution is 6.12. The third-order valence-corrected chi connectivity index (χ3v) is 7.94. The summed E-state index contributed by atoms with van der Waals surface area (Å²) in [5.41, 5.74) is 4.39. The number of halogens is 2. The zero-order valence-corrected chi connectivity index (χ0v) is 22.5. The van der Waals surface area contributed by atoms with E-state index in [1.165, 1.54) is 24.4 Å². The number of anilines is 3. The first-order chi connectivity index (χ1) is 19.9. The van der Waals surface area contributed by atoms with Crippen molar-refractivity contribution in [3.8, 4) is 0 Å². The molecule has 0 radical (unpaired) electrons. The van der Waals surface area contributed by atoms with Crippen LogP contribution in [0, 0.1) is 27.7 Å². The summed E-state index contributed by atoms with van der Waals surface area (Å²) in [6.07, 6.45) is 9.82. The van der Waals surface area contributed by atoms with E-state index in [2.05, 4.69) is 10.3 Å². The van der Waals surface area contributed by atoms with Gasteiger partial charge in [0.05, 0.1) is 28.5 Å². The number of nitro groups is 1. The lowest BCUT2D eigenvalue weighted by Gasteiger charge is -2.40. The van der Waals surface area contributed by atoms with Crippen molar-refractivity contribution >= 4 is 28.6 Å². The Bertz CT molecular complexity index is 1580. The van der Waals surface area contributed by atoms with Gasteiger partial charge >= 0.3 is 5.69 Å². The molecule has 6 rings (SSSR count). The molecule has 1 N–H and O–H groups in total. The minimum absolute atomic E-state index is 0.0429. The molecule has 210 valence electrons. The van der Waals surface area contributed by atoms with Gasteiger partial charge in [0.2, 0.25) is 5.82 Å². The van der Waals surface area contributed by atoms with Crippen LogP contribution >= 0.6 is 0 Å². The third kappa shape index (κ3) is 5.35. The van der Waals surface area contributed by atoms with E-state index in [0.717, 1.165) is 48.7 Å². The van der Waals surface area contributed by atoms with Crippen molar-refractivity contribution in [2.75, 3.05) is 17.3 Å². The first-order valence-corrected chi connectivity index (χ1v) is 13.6. The highest BCUT2D eigenvalue weighted by Gasteiger charge is 2.34. The number of aliphatic imine (C=N–C) groups is 1. The van der Waals surface area contributed by atoms with Crippen molar-refractivity contribution in [3.05, 3.63) is 112 Å². The van der Waals surface area contributed by atoms with E-state index in [9.17, 15) is 18.9 Å². The van der Waals surface area contributed by atoms with Gasteiger partial charge in [0.15, 0.2) is 11.6 Å². The Morgan fingerprint density at radius 3 is 2.63 bits per heavy atom. The molecule has 3 aromatic rings. The molecule has 1 fully saturated rings. The summed E-state index contributed by atoms with van der Waals surface area (Å²) < 4.78 is 33.9. The Labute approximate surface area is 236 Å². The molecule has 1 saturated carbocycles. The number of nitrogens with zero attached hydrogens (tertiary/aromatic N) is 4. The van der Waals surface area contributed by atoms with E-state index in [1.54, 1.807) is 13.2 Å². The zero-order valence-electron chi connectivity index (χ0n) is 22.5. The first kappa shape index (κ1) is 26.8. The van der Waals surface area contributed by atoms with Crippen molar-refractivity contribution in [2.45, 2.75) is 44.2 Å². The number of para-hydroxylation sites is 1. The Hall–Kier alpha value is -4.44. The summed E-state index contributed by atoms with van der Waals surface area (Å²) in [6.45, 7) is 0. The van der Waals surface area contributed by atoms with Gasteiger partial charge in [-0.2, -0.15) is 0 Å². The summed E-state index contributed by atoms with van der Waals surface area (Å²) in [5, 5.41) is 14.9. The number of aromatic nitrogens is 1. The van der Waals surface area contributed by atoms with Crippen LogP contribution in [0.5, 0.6) is 0 Å². The largest absolute Gasteiger partial charge is 0.381 e. The molecular formula is C31H29F2N5O3. The summed E-state index contributed by atoms with van der Waals surface area (Å²) in [5.74, 6) is -1.87. The quantitative estimate of drug-likeness (QED) is 0.263. The molecule has 1 aliphatic heterocycles. The summed E-state index contributed by atoms with van der Waals surface area (Å²) in [7, 11) is 1.72. The second-order valence-corrected chi connectivity index (χ2v) is 10.5. The number of rotatable bonds is 6. The molecule has 1 atom stereocenters. The maximum Gasteiger partial charge on any atom is 0.311 e. The van der Waals surface area contributed by atoms with Gasteiger partial charge in [0.1, 0.15) is 0 Å². The maximum atomic E-state index is 14.4. The van der Waals surface area contributed by atoms with Crippen LogP contribution in [0.1, 0.15) is 31.2 Å². The lowest BCUT2D eigenvalue weighted by Crippen LogP contribution is -2.34. The van der Waals surface area contributed by atoms with Gasteiger partial charge in [-0.15, -0.1) is 0 Å². The molecule has 41 heavy (non-hydrogen) atoms. The Morgan fingerprint density at radius 1 is 1.07 bits per heavy atom. The Balaban J connectivity index is 1.46. The second kappa shape index (κ2) is 11.2. The van der Waals surface area contributed by atoms with Crippen LogP contribution in [0.4, 0.5) is 31.7 Å². The van der Waals surface area contributed by atoms with Crippen molar-refractivity contribution in [1.29, 1.82) is 0 Å². The summed E-state index contributed by atoms with van der Waals surface area (Å²) >= 11 is 0. The number of allylic oxidation sites excluding steroid dienone is 2. The Morgan fingerprint density at radius 2 is 1.88 bits per heavy atom. The number of ether oxygens (including phenoxy) is 1. The highest BCUT2D eigenvalue weighted by Crippen LogP contribution is 2.44. The van der Waals surface area contributed by atoms with Gasteiger partial charge < -0.3 is 15.0 Å². The van der Waals surface area contributed by atoms with Gasteiger partial charge in [-0.3, -0.25) is 15.1 Å². The molecule has 8 nitrogen and oxygen atoms in total. The van der Waals surface area contributed by atoms with Crippen molar-refractivity contribution in [3.63, 3.8) is 0 Å². The van der Waals surface area contributed by atoms with Crippen LogP contribution in [0.25, 0.3) is 0 Å². The van der Waals surface area contributed by atoms with E-state index < -0.39 is 16.6 Å². The number of hydrogen-bond acceptors (Lipinski definition) is 7. The number of pyridine rings is 1. The number of benzene rings is 2. The normalized spacial score (nSPS) is 22.9. The molecule has 3 aliphatic rings. The van der Waals surface area contributed by atoms with Crippen LogP contribution in [-0.2, 0) is 11.2 Å². The van der Waals surface area contributed by atoms with E-state index in [0.29, 0.717) is 23.5 Å². The molecule has 2 aliphatic carbocycles. The van der Waals surface area contributed by atoms with E-state index in [4.69, 9.17) is 9.73 Å². The third-order valence-electron chi connectivity index (χ3n) is 7.94. The monoisotopic (exact) mass is 557 g/mol. The van der Waals surface area contributed by atoms with Gasteiger partial charge in [0.25, 0.3) is 0 Å². The summed E-state index contributed by atoms with van der Waals surface area (Å²) in [6, 6.07) is 14.7. The molecule has 10 heteroatoms. The van der Waals surface area contributed by atoms with Crippen LogP contribution in [0.2, 0.25) is 0 Å². The Kier molecular flexibility index (Phi) is 7.32. The minimum Gasteiger partial charge on any atom is -0.381 e. The van der Waals surface area contributed by atoms with Crippen molar-refractivity contribution in [1.82, 2.24) is 4.98 Å². The lowest BCUT2D eigenvalue weighted by molar-refractivity contribution is -0.384. The van der Waals surface area contributed by atoms with Crippen molar-refractivity contribution < 1.29 is 18.4 Å². The predicted molar refractivity (Wildman–Crippen MR) is 153 cm³/mol. The van der Waals surface area contributed by atoms with E-state index in [1.807, 2.05) is 41.3 Å². The van der Waals surface area contributed by atoms with Crippen LogP contribution < -0.4 is 10.2 Å². The van der Waals surface area contributed by atoms with Crippen LogP contribution in [0.15, 0.2) is 89.3 Å². The van der Waals surface area contributed by atoms with E-state index in [-0.39, 0.29) is 29.6 Å². The number of hydrogen-bond donors (Lipinski definition) is 1. The van der Waals surface area contributed by atoms with E-state index >= 15 is 0 Å². The van der Waals surface area contributed by atoms with Crippen LogP contribution in [-0.4, -0.2) is 34.9 Å². The molecule has 2 heterocycles. The molecule has 1 aromatic heterocycles. The molecular weight excluding hydrogens is 528 g/mol. The summed E-state index contributed by atoms with van der Waals surface area (Å²) in [4.78, 5) is 22.6. The average molecular weight is 558 g/mol. The second-order valence-electron chi connectivity index (χ2n) is 10.5. The zero-order chi connectivity index (χ0) is 28.5. The topological polar surface area (TPSA) is 92.9 Å². The first-order valence-electron chi connectivity index (χ1n) is 13.6. The molecule has 0 spiro atoms. The highest BCUT2D eigenvalue weighted by atomic mass is 19.2. The fraction of sp³-hybridized carbons (Fsp3) is 0.290. The number of nitrogens with one attached hydrogen (secondary N) is 1. The number of fused-ring (bicyclic) bond motifs is 2. The molecule has 1 unspecified atom stereocenters. The lowest BCUT2D eigenvalue weighted by atomic mass is 9.84. The predicted octanol–water partition coefficient (Wildman–Crippen LogP) is 6.87. The molecule has 0 amide bonds. The average Bonchev–Trinajstić information content (AvgIpc) is 2.98. The standard InChI is InChI=1S/C31H29F2N5O3/c1-41-23-11-8-21(9-12-23)35-27-18-30-20(16-26(27)36-31-29(38(39)40)7-4-14-34-31)15-19-5-2-3-6-28(19)37(30)22-10-13-24(32)25(33)17-22/h2-7,10,13-14,16-18,20-21,23H,8-9,11-12,15H2,1H3,(H,34,36). The fourth-order valence-electron chi connectivity index (χ4n) is 5.87. The van der Waals surface area contributed by atoms with Crippen LogP contribution in [0.3, 0.4) is 0 Å². The minimum atomic E-state index is -0.928. The van der Waals surface area contributed by atoms with Crippen molar-refractivity contribution in [2.24, 2.45) is 10.9 Å². The maximum absolute atomic E-state index is 14.4. The van der Waals surface area contributed by atoms with Gasteiger partial charge in [-0.05, 0) is 74.1 Å². The molecule has 0 bridgehead atoms. The smallest absolute Gasteiger partial charge is 0.311 e. The fourth-order valence-corrected chi connectivity index (χ4v) is 5.87. The van der Waals surface area contributed by atoms with Gasteiger partial charge in [-0.1, -0.05) is 18.2 Å². The van der Waals surface area contributed by atoms with Gasteiger partial charge in [-0.25, -0.2) is 13.8 Å². The van der Waals surface area contributed by atoms with Gasteiger partial charge in [0, 0.05) is 48.4 Å². The number of methoxy groups -OCH3 is 1. The molecule has 0 saturated heterocycles. The SMILES string of the molecule is COC1CCC(N=C2C=C3C(C=C2Nc2ncccc2[N+](=O)[O-])Cc2ccccc2N3c2ccc(F)c(F)c2)CC1.